The number of benzene rings is 1. The van der Waals surface area contributed by atoms with Gasteiger partial charge >= 0.3 is 6.09 Å². The highest BCUT2D eigenvalue weighted by Crippen LogP contribution is 2.19. The van der Waals surface area contributed by atoms with E-state index in [1.165, 1.54) is 12.1 Å². The summed E-state index contributed by atoms with van der Waals surface area (Å²) < 4.78 is 18.4. The minimum absolute atomic E-state index is 0.0250. The minimum atomic E-state index is -0.224. The van der Waals surface area contributed by atoms with Gasteiger partial charge in [0.1, 0.15) is 12.0 Å². The molecule has 0 aromatic heterocycles. The van der Waals surface area contributed by atoms with Crippen LogP contribution >= 0.6 is 0 Å². The molecular weight excluding hydrogens is 335 g/mol. The molecule has 1 aromatic carbocycles. The van der Waals surface area contributed by atoms with Crippen LogP contribution in [0.4, 0.5) is 9.18 Å². The maximum absolute atomic E-state index is 13.1. The first kappa shape index (κ1) is 19.1. The van der Waals surface area contributed by atoms with Gasteiger partial charge in [-0.1, -0.05) is 12.1 Å². The number of piperazine rings is 2. The summed E-state index contributed by atoms with van der Waals surface area (Å²) in [6, 6.07) is 6.67. The number of nitrogens with zero attached hydrogens (tertiary/aromatic N) is 4. The molecule has 1 aromatic rings. The molecular formula is C19H29FN4O2. The molecule has 0 spiro atoms. The Morgan fingerprint density at radius 1 is 1.12 bits per heavy atom. The zero-order valence-corrected chi connectivity index (χ0v) is 15.7. The Morgan fingerprint density at radius 3 is 2.46 bits per heavy atom. The van der Waals surface area contributed by atoms with Gasteiger partial charge in [0.25, 0.3) is 0 Å². The highest BCUT2D eigenvalue weighted by atomic mass is 19.1. The van der Waals surface area contributed by atoms with Crippen molar-refractivity contribution >= 4 is 6.09 Å². The number of rotatable bonds is 4. The fourth-order valence-electron chi connectivity index (χ4n) is 3.66. The van der Waals surface area contributed by atoms with Crippen molar-refractivity contribution < 1.29 is 13.9 Å². The van der Waals surface area contributed by atoms with Crippen LogP contribution in [-0.4, -0.2) is 91.3 Å². The van der Waals surface area contributed by atoms with Crippen molar-refractivity contribution in [2.24, 2.45) is 0 Å². The molecule has 0 saturated carbocycles. The van der Waals surface area contributed by atoms with E-state index in [1.54, 1.807) is 0 Å². The zero-order valence-electron chi connectivity index (χ0n) is 15.7. The largest absolute Gasteiger partial charge is 0.450 e. The Labute approximate surface area is 155 Å². The van der Waals surface area contributed by atoms with Gasteiger partial charge in [0.05, 0.1) is 6.61 Å². The lowest BCUT2D eigenvalue weighted by atomic mass is 10.1. The Kier molecular flexibility index (Phi) is 6.45. The first-order valence-corrected chi connectivity index (χ1v) is 9.39. The third-order valence-corrected chi connectivity index (χ3v) is 5.22. The molecule has 0 bridgehead atoms. The molecule has 2 fully saturated rings. The van der Waals surface area contributed by atoms with E-state index in [4.69, 9.17) is 4.74 Å². The second kappa shape index (κ2) is 8.79. The summed E-state index contributed by atoms with van der Waals surface area (Å²) in [4.78, 5) is 21.3. The molecule has 3 rings (SSSR count). The van der Waals surface area contributed by atoms with Gasteiger partial charge in [-0.25, -0.2) is 9.18 Å². The predicted octanol–water partition coefficient (Wildman–Crippen LogP) is 1.67. The smallest absolute Gasteiger partial charge is 0.411 e. The number of carbonyl (C=O) groups is 1. The molecule has 144 valence electrons. The van der Waals surface area contributed by atoms with Crippen LogP contribution in [0.1, 0.15) is 12.5 Å². The van der Waals surface area contributed by atoms with Crippen molar-refractivity contribution in [1.29, 1.82) is 0 Å². The van der Waals surface area contributed by atoms with Gasteiger partial charge in [-0.05, 0) is 31.7 Å². The van der Waals surface area contributed by atoms with Crippen molar-refractivity contribution in [3.05, 3.63) is 35.6 Å². The van der Waals surface area contributed by atoms with Crippen LogP contribution in [-0.2, 0) is 11.3 Å². The molecule has 0 N–H and O–H groups in total. The lowest BCUT2D eigenvalue weighted by Gasteiger charge is -2.47. The van der Waals surface area contributed by atoms with E-state index in [1.807, 2.05) is 24.0 Å². The van der Waals surface area contributed by atoms with Gasteiger partial charge in [-0.15, -0.1) is 0 Å². The SMILES string of the molecule is CCOC(=O)N1CCN(Cc2ccc(F)cc2)CC1N1CCN(C)CC1. The number of hydrogen-bond donors (Lipinski definition) is 0. The van der Waals surface area contributed by atoms with E-state index < -0.39 is 0 Å². The molecule has 1 amide bonds. The maximum atomic E-state index is 13.1. The van der Waals surface area contributed by atoms with Gasteiger partial charge in [-0.2, -0.15) is 0 Å². The van der Waals surface area contributed by atoms with E-state index >= 15 is 0 Å². The van der Waals surface area contributed by atoms with Crippen LogP contribution in [0.25, 0.3) is 0 Å². The lowest BCUT2D eigenvalue weighted by Crippen LogP contribution is -2.64. The van der Waals surface area contributed by atoms with E-state index in [0.29, 0.717) is 13.2 Å². The Bertz CT molecular complexity index is 590. The Balaban J connectivity index is 1.68. The molecule has 0 radical (unpaired) electrons. The van der Waals surface area contributed by atoms with Crippen LogP contribution in [0.15, 0.2) is 24.3 Å². The van der Waals surface area contributed by atoms with Crippen LogP contribution in [0.5, 0.6) is 0 Å². The third-order valence-electron chi connectivity index (χ3n) is 5.22. The molecule has 2 saturated heterocycles. The van der Waals surface area contributed by atoms with Crippen molar-refractivity contribution in [3.8, 4) is 0 Å². The van der Waals surface area contributed by atoms with Crippen LogP contribution in [0.2, 0.25) is 0 Å². The Morgan fingerprint density at radius 2 is 1.81 bits per heavy atom. The van der Waals surface area contributed by atoms with Gasteiger partial charge < -0.3 is 9.64 Å². The molecule has 7 heteroatoms. The number of amides is 1. The van der Waals surface area contributed by atoms with E-state index in [2.05, 4.69) is 21.7 Å². The monoisotopic (exact) mass is 364 g/mol. The number of hydrogen-bond acceptors (Lipinski definition) is 5. The maximum Gasteiger partial charge on any atom is 0.411 e. The van der Waals surface area contributed by atoms with Crippen molar-refractivity contribution in [2.45, 2.75) is 19.6 Å². The number of ether oxygens (including phenoxy) is 1. The van der Waals surface area contributed by atoms with Crippen LogP contribution in [0, 0.1) is 5.82 Å². The highest BCUT2D eigenvalue weighted by Gasteiger charge is 2.36. The van der Waals surface area contributed by atoms with E-state index in [9.17, 15) is 9.18 Å². The van der Waals surface area contributed by atoms with E-state index in [0.717, 1.165) is 51.4 Å². The summed E-state index contributed by atoms with van der Waals surface area (Å²) in [7, 11) is 2.13. The molecule has 26 heavy (non-hydrogen) atoms. The summed E-state index contributed by atoms with van der Waals surface area (Å²) >= 11 is 0. The number of carbonyl (C=O) groups excluding carboxylic acids is 1. The standard InChI is InChI=1S/C19H29FN4O2/c1-3-26-19(25)24-13-10-22(14-16-4-6-17(20)7-5-16)15-18(24)23-11-8-21(2)9-12-23/h4-7,18H,3,8-15H2,1-2H3. The molecule has 1 atom stereocenters. The summed E-state index contributed by atoms with van der Waals surface area (Å²) in [6.07, 6.45) is -0.199. The highest BCUT2D eigenvalue weighted by molar-refractivity contribution is 5.68. The topological polar surface area (TPSA) is 39.3 Å². The quantitative estimate of drug-likeness (QED) is 0.813. The van der Waals surface area contributed by atoms with Gasteiger partial charge in [0.15, 0.2) is 0 Å². The summed E-state index contributed by atoms with van der Waals surface area (Å²) in [5, 5.41) is 0. The molecule has 2 aliphatic rings. The predicted molar refractivity (Wildman–Crippen MR) is 98.3 cm³/mol. The van der Waals surface area contributed by atoms with Crippen molar-refractivity contribution in [3.63, 3.8) is 0 Å². The summed E-state index contributed by atoms with van der Waals surface area (Å²) in [6.45, 7) is 9.12. The first-order valence-electron chi connectivity index (χ1n) is 9.39. The average Bonchev–Trinajstić information content (AvgIpc) is 2.64. The number of likely N-dealkylation sites (N-methyl/N-ethyl adjacent to an activating group) is 1. The fourth-order valence-corrected chi connectivity index (χ4v) is 3.66. The van der Waals surface area contributed by atoms with Crippen LogP contribution < -0.4 is 0 Å². The van der Waals surface area contributed by atoms with Gasteiger partial charge in [-0.3, -0.25) is 14.7 Å². The zero-order chi connectivity index (χ0) is 18.5. The second-order valence-corrected chi connectivity index (χ2v) is 7.07. The van der Waals surface area contributed by atoms with E-state index in [-0.39, 0.29) is 18.1 Å². The molecule has 2 aliphatic heterocycles. The summed E-state index contributed by atoms with van der Waals surface area (Å²) in [5.41, 5.74) is 1.09. The van der Waals surface area contributed by atoms with Gasteiger partial charge in [0, 0.05) is 52.4 Å². The normalized spacial score (nSPS) is 23.2. The first-order chi connectivity index (χ1) is 12.6. The van der Waals surface area contributed by atoms with Crippen molar-refractivity contribution in [2.75, 3.05) is 59.5 Å². The molecule has 0 aliphatic carbocycles. The molecule has 2 heterocycles. The molecule has 1 unspecified atom stereocenters. The fraction of sp³-hybridized carbons (Fsp3) is 0.632. The third kappa shape index (κ3) is 4.72. The average molecular weight is 364 g/mol. The lowest BCUT2D eigenvalue weighted by molar-refractivity contribution is -0.0364. The number of halogens is 1. The molecule has 6 nitrogen and oxygen atoms in total. The minimum Gasteiger partial charge on any atom is -0.450 e. The summed E-state index contributed by atoms with van der Waals surface area (Å²) in [5.74, 6) is -0.212. The van der Waals surface area contributed by atoms with Crippen LogP contribution in [0.3, 0.4) is 0 Å². The Hall–Kier alpha value is -1.70. The second-order valence-electron chi connectivity index (χ2n) is 7.07. The van der Waals surface area contributed by atoms with Gasteiger partial charge in [0.2, 0.25) is 0 Å². The van der Waals surface area contributed by atoms with Crippen molar-refractivity contribution in [1.82, 2.24) is 19.6 Å².